The minimum atomic E-state index is -4.67. The number of amides is 1. The normalized spacial score (nSPS) is 14.0. The van der Waals surface area contributed by atoms with E-state index in [9.17, 15) is 21.6 Å². The molecular weight excluding hydrogens is 747 g/mol. The number of carbonyl (C=O) groups excluding carboxylic acids is 1. The number of hydrogen-bond donors (Lipinski definition) is 3. The van der Waals surface area contributed by atoms with Gasteiger partial charge in [-0.05, 0) is 71.1 Å². The van der Waals surface area contributed by atoms with Gasteiger partial charge in [0.1, 0.15) is 16.4 Å². The maximum atomic E-state index is 14.8. The number of aromatic nitrogens is 6. The molecule has 1 aliphatic rings. The number of ether oxygens (including phenoxy) is 2. The number of fused-ring (bicyclic) bond motifs is 1. The molecule has 6 aromatic rings. The quantitative estimate of drug-likeness (QED) is 0.162. The maximum absolute atomic E-state index is 14.8. The van der Waals surface area contributed by atoms with Crippen molar-refractivity contribution < 1.29 is 31.1 Å². The van der Waals surface area contributed by atoms with Crippen molar-refractivity contribution in [1.82, 2.24) is 39.8 Å². The second kappa shape index (κ2) is 15.1. The number of sulfonamides is 1. The van der Waals surface area contributed by atoms with E-state index in [4.69, 9.17) is 15.2 Å². The lowest BCUT2D eigenvalue weighted by molar-refractivity contribution is -0.129. The number of nitrogen functional groups attached to an aromatic ring is 1. The van der Waals surface area contributed by atoms with Gasteiger partial charge in [0.05, 0.1) is 47.5 Å². The molecule has 2 aromatic heterocycles. The molecule has 0 bridgehead atoms. The molecule has 0 spiro atoms. The number of tetrazole rings is 1. The van der Waals surface area contributed by atoms with Gasteiger partial charge in [-0.15, -0.1) is 10.2 Å². The van der Waals surface area contributed by atoms with E-state index in [1.807, 2.05) is 12.1 Å². The number of hydrogen-bond acceptors (Lipinski definition) is 12. The molecule has 4 N–H and O–H groups in total. The molecule has 1 fully saturated rings. The van der Waals surface area contributed by atoms with Crippen LogP contribution in [0.4, 0.5) is 5.95 Å². The zero-order valence-electron chi connectivity index (χ0n) is 30.3. The van der Waals surface area contributed by atoms with Gasteiger partial charge < -0.3 is 25.1 Å². The van der Waals surface area contributed by atoms with Crippen LogP contribution in [0.5, 0.6) is 11.5 Å². The van der Waals surface area contributed by atoms with Gasteiger partial charge in [0, 0.05) is 32.1 Å². The van der Waals surface area contributed by atoms with E-state index in [2.05, 4.69) is 30.1 Å². The third-order valence-electron chi connectivity index (χ3n) is 9.63. The molecule has 18 heteroatoms. The second-order valence-corrected chi connectivity index (χ2v) is 17.0. The minimum absolute atomic E-state index is 0.0838. The number of nitrogens with two attached hydrogens (primary N) is 1. The zero-order valence-corrected chi connectivity index (χ0v) is 31.9. The summed E-state index contributed by atoms with van der Waals surface area (Å²) in [4.78, 5) is 21.5. The van der Waals surface area contributed by atoms with Crippen molar-refractivity contribution in [2.24, 2.45) is 0 Å². The number of anilines is 1. The third-order valence-corrected chi connectivity index (χ3v) is 13.5. The van der Waals surface area contributed by atoms with E-state index in [0.29, 0.717) is 33.7 Å². The average Bonchev–Trinajstić information content (AvgIpc) is 3.82. The Morgan fingerprint density at radius 1 is 0.891 bits per heavy atom. The molecule has 55 heavy (non-hydrogen) atoms. The predicted molar refractivity (Wildman–Crippen MR) is 204 cm³/mol. The number of benzene rings is 4. The Labute approximate surface area is 317 Å². The van der Waals surface area contributed by atoms with Crippen molar-refractivity contribution >= 4 is 42.7 Å². The fourth-order valence-corrected chi connectivity index (χ4v) is 10.5. The number of para-hydroxylation sites is 1. The predicted octanol–water partition coefficient (Wildman–Crippen LogP) is 3.79. The Bertz CT molecular complexity index is 2580. The highest BCUT2D eigenvalue weighted by Gasteiger charge is 2.39. The first-order chi connectivity index (χ1) is 26.4. The van der Waals surface area contributed by atoms with Crippen molar-refractivity contribution in [3.8, 4) is 34.0 Å². The summed E-state index contributed by atoms with van der Waals surface area (Å²) in [6.07, 6.45) is 0.250. The topological polar surface area (TPSA) is 217 Å². The lowest BCUT2D eigenvalue weighted by atomic mass is 9.98. The zero-order chi connectivity index (χ0) is 38.9. The number of sulfone groups is 1. The van der Waals surface area contributed by atoms with Gasteiger partial charge in [-0.3, -0.25) is 4.79 Å². The smallest absolute Gasteiger partial charge is 0.242 e. The number of nitrogens with one attached hydrogen (secondary N) is 2. The summed E-state index contributed by atoms with van der Waals surface area (Å²) in [6.45, 7) is 1.86. The fourth-order valence-electron chi connectivity index (χ4n) is 6.73. The van der Waals surface area contributed by atoms with Crippen molar-refractivity contribution in [1.29, 1.82) is 0 Å². The number of rotatable bonds is 12. The molecule has 4 aromatic carbocycles. The Morgan fingerprint density at radius 2 is 1.55 bits per heavy atom. The molecule has 0 saturated carbocycles. The highest BCUT2D eigenvalue weighted by Crippen LogP contribution is 2.43. The summed E-state index contributed by atoms with van der Waals surface area (Å²) in [5.74, 6) is 1.10. The summed E-state index contributed by atoms with van der Waals surface area (Å²) in [6, 6.07) is 22.1. The number of imidazole rings is 1. The summed E-state index contributed by atoms with van der Waals surface area (Å²) in [5.41, 5.74) is 9.13. The van der Waals surface area contributed by atoms with E-state index in [1.165, 1.54) is 24.9 Å². The summed E-state index contributed by atoms with van der Waals surface area (Å²) in [5, 5.41) is 12.2. The second-order valence-electron chi connectivity index (χ2n) is 13.1. The molecule has 1 aliphatic heterocycles. The van der Waals surface area contributed by atoms with Crippen LogP contribution in [-0.2, 0) is 37.7 Å². The Balaban J connectivity index is 1.43. The van der Waals surface area contributed by atoms with Gasteiger partial charge in [0.15, 0.2) is 15.8 Å². The van der Waals surface area contributed by atoms with Crippen LogP contribution in [0.3, 0.4) is 0 Å². The van der Waals surface area contributed by atoms with Crippen LogP contribution < -0.4 is 19.9 Å². The number of likely N-dealkylation sites (tertiary alicyclic amines) is 1. The Hall–Kier alpha value is -5.85. The largest absolute Gasteiger partial charge is 0.497 e. The van der Waals surface area contributed by atoms with Crippen LogP contribution in [0, 0.1) is 0 Å². The van der Waals surface area contributed by atoms with Gasteiger partial charge in [-0.2, -0.15) is 4.80 Å². The number of carbonyl (C=O) groups is 1. The molecule has 0 unspecified atom stereocenters. The summed E-state index contributed by atoms with van der Waals surface area (Å²) >= 11 is 0. The molecule has 3 heterocycles. The average molecular weight is 786 g/mol. The van der Waals surface area contributed by atoms with Gasteiger partial charge in [-0.1, -0.05) is 42.5 Å². The van der Waals surface area contributed by atoms with Crippen LogP contribution in [0.2, 0.25) is 0 Å². The molecule has 16 nitrogen and oxygen atoms in total. The van der Waals surface area contributed by atoms with Crippen molar-refractivity contribution in [2.75, 3.05) is 33.0 Å². The molecule has 7 rings (SSSR count). The number of aromatic amines is 1. The lowest BCUT2D eigenvalue weighted by Crippen LogP contribution is -2.41. The molecule has 1 saturated heterocycles. The lowest BCUT2D eigenvalue weighted by Gasteiger charge is -2.31. The first-order valence-corrected chi connectivity index (χ1v) is 20.4. The SMILES string of the molecule is COc1ccc(CNS(=O)(=O)c2c(S(=O)(=O)C3CCN(C(C)=O)CC3)ccc(-c3cccc4[nH]c(N)nc34)c2-c2nnn(Cc3ccc(OC)cc3)n2)cc1. The molecule has 0 radical (unpaired) electrons. The Morgan fingerprint density at radius 3 is 2.18 bits per heavy atom. The van der Waals surface area contributed by atoms with Crippen molar-refractivity contribution in [3.63, 3.8) is 0 Å². The highest BCUT2D eigenvalue weighted by atomic mass is 32.2. The third kappa shape index (κ3) is 7.60. The maximum Gasteiger partial charge on any atom is 0.242 e. The van der Waals surface area contributed by atoms with E-state index in [-0.39, 0.29) is 67.8 Å². The van der Waals surface area contributed by atoms with Gasteiger partial charge >= 0.3 is 0 Å². The van der Waals surface area contributed by atoms with Gasteiger partial charge in [0.2, 0.25) is 21.8 Å². The van der Waals surface area contributed by atoms with Gasteiger partial charge in [0.25, 0.3) is 0 Å². The van der Waals surface area contributed by atoms with Crippen LogP contribution in [0.25, 0.3) is 33.5 Å². The highest BCUT2D eigenvalue weighted by molar-refractivity contribution is 7.94. The number of methoxy groups -OCH3 is 2. The van der Waals surface area contributed by atoms with Crippen LogP contribution in [0.15, 0.2) is 88.7 Å². The van der Waals surface area contributed by atoms with E-state index in [0.717, 1.165) is 5.56 Å². The van der Waals surface area contributed by atoms with Crippen LogP contribution >= 0.6 is 0 Å². The number of piperidine rings is 1. The first-order valence-electron chi connectivity index (χ1n) is 17.3. The minimum Gasteiger partial charge on any atom is -0.497 e. The van der Waals surface area contributed by atoms with E-state index < -0.39 is 34.9 Å². The van der Waals surface area contributed by atoms with Gasteiger partial charge in [-0.25, -0.2) is 26.5 Å². The van der Waals surface area contributed by atoms with Crippen LogP contribution in [0.1, 0.15) is 30.9 Å². The van der Waals surface area contributed by atoms with Crippen molar-refractivity contribution in [3.05, 3.63) is 90.0 Å². The molecule has 0 aliphatic carbocycles. The first kappa shape index (κ1) is 37.5. The summed E-state index contributed by atoms with van der Waals surface area (Å²) < 4.78 is 72.2. The summed E-state index contributed by atoms with van der Waals surface area (Å²) in [7, 11) is -5.93. The van der Waals surface area contributed by atoms with E-state index in [1.54, 1.807) is 72.7 Å². The fraction of sp³-hybridized carbons (Fsp3) is 0.270. The van der Waals surface area contributed by atoms with Crippen molar-refractivity contribution in [2.45, 2.75) is 47.9 Å². The molecule has 286 valence electrons. The molecule has 1 amide bonds. The van der Waals surface area contributed by atoms with Crippen LogP contribution in [-0.4, -0.2) is 90.4 Å². The Kier molecular flexibility index (Phi) is 10.3. The molecular formula is C37H39N9O7S2. The monoisotopic (exact) mass is 785 g/mol. The van der Waals surface area contributed by atoms with E-state index >= 15 is 0 Å². The molecule has 0 atom stereocenters. The number of nitrogens with zero attached hydrogens (tertiary/aromatic N) is 6. The number of H-pyrrole nitrogens is 1. The standard InChI is InChI=1S/C37H39N9O7S2/c1-23(47)45-19-17-28(18-20-45)54(48,49)32-16-15-29(30-5-4-6-31-34(30)41-37(38)40-31)33(35(32)55(50,51)39-21-24-7-11-26(52-2)12-8-24)36-42-44-46(43-36)22-25-9-13-27(53-3)14-10-25/h4-16,28,39H,17-22H2,1-3H3,(H3,38,40,41).